The summed E-state index contributed by atoms with van der Waals surface area (Å²) in [6.07, 6.45) is 2.16. The summed E-state index contributed by atoms with van der Waals surface area (Å²) in [7, 11) is 2.11. The van der Waals surface area contributed by atoms with E-state index in [1.807, 2.05) is 0 Å². The molecule has 0 atom stereocenters. The maximum atomic E-state index is 13.8. The van der Waals surface area contributed by atoms with Crippen LogP contribution < -0.4 is 11.1 Å². The smallest absolute Gasteiger partial charge is 0.248 e. The third-order valence-electron chi connectivity index (χ3n) is 3.64. The minimum absolute atomic E-state index is 0.209. The zero-order chi connectivity index (χ0) is 13.8. The van der Waals surface area contributed by atoms with Gasteiger partial charge in [0.05, 0.1) is 0 Å². The number of hydrogen-bond donors (Lipinski definition) is 2. The van der Waals surface area contributed by atoms with Crippen LogP contribution in [0.3, 0.4) is 0 Å². The molecule has 1 aliphatic rings. The fourth-order valence-electron chi connectivity index (χ4n) is 2.31. The monoisotopic (exact) mass is 265 g/mol. The summed E-state index contributed by atoms with van der Waals surface area (Å²) in [5.41, 5.74) is 5.89. The molecule has 0 aromatic heterocycles. The Morgan fingerprint density at radius 1 is 1.47 bits per heavy atom. The molecule has 0 radical (unpaired) electrons. The van der Waals surface area contributed by atoms with Crippen LogP contribution in [0.4, 0.5) is 4.39 Å². The fourth-order valence-corrected chi connectivity index (χ4v) is 2.31. The first-order valence-electron chi connectivity index (χ1n) is 6.56. The molecule has 1 heterocycles. The molecule has 0 saturated carbocycles. The van der Waals surface area contributed by atoms with Crippen molar-refractivity contribution >= 4 is 5.91 Å². The van der Waals surface area contributed by atoms with Crippen molar-refractivity contribution in [2.75, 3.05) is 20.1 Å². The number of nitrogens with one attached hydrogen (secondary N) is 1. The van der Waals surface area contributed by atoms with Crippen LogP contribution in [0.1, 0.15) is 28.8 Å². The van der Waals surface area contributed by atoms with Gasteiger partial charge in [-0.15, -0.1) is 0 Å². The van der Waals surface area contributed by atoms with Crippen molar-refractivity contribution in [3.05, 3.63) is 35.1 Å². The highest BCUT2D eigenvalue weighted by Crippen LogP contribution is 2.13. The first kappa shape index (κ1) is 14.0. The van der Waals surface area contributed by atoms with Gasteiger partial charge >= 0.3 is 0 Å². The summed E-state index contributed by atoms with van der Waals surface area (Å²) in [6, 6.07) is 4.83. The lowest BCUT2D eigenvalue weighted by atomic mass is 10.0. The van der Waals surface area contributed by atoms with Crippen molar-refractivity contribution in [3.63, 3.8) is 0 Å². The topological polar surface area (TPSA) is 58.4 Å². The van der Waals surface area contributed by atoms with E-state index >= 15 is 0 Å². The molecule has 19 heavy (non-hydrogen) atoms. The average molecular weight is 265 g/mol. The Kier molecular flexibility index (Phi) is 4.50. The third kappa shape index (κ3) is 3.75. The number of carbonyl (C=O) groups is 1. The number of nitrogens with two attached hydrogens (primary N) is 1. The third-order valence-corrected chi connectivity index (χ3v) is 3.64. The molecule has 1 saturated heterocycles. The molecule has 4 nitrogen and oxygen atoms in total. The average Bonchev–Trinajstić information content (AvgIpc) is 2.39. The highest BCUT2D eigenvalue weighted by molar-refractivity contribution is 5.92. The van der Waals surface area contributed by atoms with Gasteiger partial charge in [0.15, 0.2) is 0 Å². The molecule has 0 bridgehead atoms. The Morgan fingerprint density at radius 2 is 2.16 bits per heavy atom. The van der Waals surface area contributed by atoms with Crippen molar-refractivity contribution in [1.29, 1.82) is 0 Å². The fraction of sp³-hybridized carbons (Fsp3) is 0.500. The predicted octanol–water partition coefficient (Wildman–Crippen LogP) is 1.11. The van der Waals surface area contributed by atoms with Gasteiger partial charge in [0, 0.05) is 23.7 Å². The number of benzene rings is 1. The van der Waals surface area contributed by atoms with Gasteiger partial charge in [0.2, 0.25) is 5.91 Å². The van der Waals surface area contributed by atoms with E-state index in [-0.39, 0.29) is 11.4 Å². The van der Waals surface area contributed by atoms with Gasteiger partial charge in [-0.3, -0.25) is 4.79 Å². The molecule has 0 spiro atoms. The number of carbonyl (C=O) groups excluding carboxylic acids is 1. The lowest BCUT2D eigenvalue weighted by Gasteiger charge is -2.29. The van der Waals surface area contributed by atoms with Crippen molar-refractivity contribution < 1.29 is 9.18 Å². The summed E-state index contributed by atoms with van der Waals surface area (Å²) in [6.45, 7) is 2.63. The van der Waals surface area contributed by atoms with Crippen LogP contribution in [-0.2, 0) is 6.54 Å². The molecule has 5 heteroatoms. The summed E-state index contributed by atoms with van der Waals surface area (Å²) < 4.78 is 13.8. The van der Waals surface area contributed by atoms with Gasteiger partial charge < -0.3 is 16.0 Å². The molecule has 0 unspecified atom stereocenters. The second kappa shape index (κ2) is 6.12. The number of piperidine rings is 1. The van der Waals surface area contributed by atoms with E-state index in [9.17, 15) is 9.18 Å². The Bertz CT molecular complexity index is 456. The number of rotatable bonds is 4. The zero-order valence-corrected chi connectivity index (χ0v) is 11.2. The zero-order valence-electron chi connectivity index (χ0n) is 11.2. The SMILES string of the molecule is CN1CCC(NCc2ccc(C(N)=O)cc2F)CC1. The molecule has 1 fully saturated rings. The Labute approximate surface area is 112 Å². The molecule has 0 aliphatic carbocycles. The van der Waals surface area contributed by atoms with Crippen molar-refractivity contribution in [3.8, 4) is 0 Å². The van der Waals surface area contributed by atoms with Crippen LogP contribution in [0.2, 0.25) is 0 Å². The maximum absolute atomic E-state index is 13.8. The van der Waals surface area contributed by atoms with Gasteiger partial charge in [-0.1, -0.05) is 6.07 Å². The molecular weight excluding hydrogens is 245 g/mol. The minimum Gasteiger partial charge on any atom is -0.366 e. The van der Waals surface area contributed by atoms with Crippen molar-refractivity contribution in [2.24, 2.45) is 5.73 Å². The van der Waals surface area contributed by atoms with Gasteiger partial charge in [0.1, 0.15) is 5.82 Å². The van der Waals surface area contributed by atoms with Crippen LogP contribution in [0.25, 0.3) is 0 Å². The Balaban J connectivity index is 1.91. The van der Waals surface area contributed by atoms with E-state index < -0.39 is 5.91 Å². The first-order valence-corrected chi connectivity index (χ1v) is 6.56. The largest absolute Gasteiger partial charge is 0.366 e. The maximum Gasteiger partial charge on any atom is 0.248 e. The number of likely N-dealkylation sites (tertiary alicyclic amines) is 1. The number of primary amides is 1. The van der Waals surface area contributed by atoms with E-state index in [2.05, 4.69) is 17.3 Å². The molecule has 1 aliphatic heterocycles. The van der Waals surface area contributed by atoms with Crippen molar-refractivity contribution in [1.82, 2.24) is 10.2 Å². The summed E-state index contributed by atoms with van der Waals surface area (Å²) in [4.78, 5) is 13.2. The van der Waals surface area contributed by atoms with Crippen molar-refractivity contribution in [2.45, 2.75) is 25.4 Å². The minimum atomic E-state index is -0.603. The van der Waals surface area contributed by atoms with Crippen LogP contribution in [0, 0.1) is 5.82 Å². The Hall–Kier alpha value is -1.46. The van der Waals surface area contributed by atoms with Gasteiger partial charge in [-0.05, 0) is 45.1 Å². The predicted molar refractivity (Wildman–Crippen MR) is 72.3 cm³/mol. The van der Waals surface area contributed by atoms with E-state index in [0.29, 0.717) is 18.2 Å². The molecule has 3 N–H and O–H groups in total. The normalized spacial score (nSPS) is 17.6. The van der Waals surface area contributed by atoms with Crippen LogP contribution in [0.15, 0.2) is 18.2 Å². The molecule has 1 aromatic rings. The van der Waals surface area contributed by atoms with Crippen LogP contribution in [-0.4, -0.2) is 37.0 Å². The second-order valence-corrected chi connectivity index (χ2v) is 5.13. The van der Waals surface area contributed by atoms with E-state index in [0.717, 1.165) is 25.9 Å². The summed E-state index contributed by atoms with van der Waals surface area (Å²) >= 11 is 0. The number of halogens is 1. The van der Waals surface area contributed by atoms with Crippen LogP contribution in [0.5, 0.6) is 0 Å². The lowest BCUT2D eigenvalue weighted by Crippen LogP contribution is -2.40. The van der Waals surface area contributed by atoms with E-state index in [4.69, 9.17) is 5.73 Å². The molecule has 1 amide bonds. The van der Waals surface area contributed by atoms with E-state index in [1.54, 1.807) is 12.1 Å². The standard InChI is InChI=1S/C14H20FN3O/c1-18-6-4-12(5-7-18)17-9-11-3-2-10(14(16)19)8-13(11)15/h2-3,8,12,17H,4-7,9H2,1H3,(H2,16,19). The van der Waals surface area contributed by atoms with Crippen LogP contribution >= 0.6 is 0 Å². The molecular formula is C14H20FN3O. The second-order valence-electron chi connectivity index (χ2n) is 5.13. The summed E-state index contributed by atoms with van der Waals surface area (Å²) in [5, 5.41) is 3.37. The van der Waals surface area contributed by atoms with Gasteiger partial charge in [-0.25, -0.2) is 4.39 Å². The number of hydrogen-bond acceptors (Lipinski definition) is 3. The highest BCUT2D eigenvalue weighted by atomic mass is 19.1. The van der Waals surface area contributed by atoms with Gasteiger partial charge in [0.25, 0.3) is 0 Å². The summed E-state index contributed by atoms with van der Waals surface area (Å²) in [5.74, 6) is -0.981. The molecule has 104 valence electrons. The number of nitrogens with zero attached hydrogens (tertiary/aromatic N) is 1. The molecule has 2 rings (SSSR count). The quantitative estimate of drug-likeness (QED) is 0.857. The lowest BCUT2D eigenvalue weighted by molar-refractivity contribution is 0.1000. The molecule has 1 aromatic carbocycles. The number of amides is 1. The first-order chi connectivity index (χ1) is 9.06. The van der Waals surface area contributed by atoms with E-state index in [1.165, 1.54) is 6.07 Å². The Morgan fingerprint density at radius 3 is 2.74 bits per heavy atom. The highest BCUT2D eigenvalue weighted by Gasteiger charge is 2.16. The van der Waals surface area contributed by atoms with Gasteiger partial charge in [-0.2, -0.15) is 0 Å².